The van der Waals surface area contributed by atoms with Gasteiger partial charge < -0.3 is 4.42 Å². The maximum atomic E-state index is 11.9. The quantitative estimate of drug-likeness (QED) is 0.538. The molecule has 0 atom stereocenters. The highest BCUT2D eigenvalue weighted by molar-refractivity contribution is 6.32. The lowest BCUT2D eigenvalue weighted by Crippen LogP contribution is -2.38. The smallest absolute Gasteiger partial charge is 0.336 e. The molecule has 0 radical (unpaired) electrons. The summed E-state index contributed by atoms with van der Waals surface area (Å²) < 4.78 is 7.48. The van der Waals surface area contributed by atoms with Gasteiger partial charge in [-0.2, -0.15) is 4.57 Å². The topological polar surface area (TPSA) is 34.1 Å². The predicted molar refractivity (Wildman–Crippen MR) is 92.1 cm³/mol. The summed E-state index contributed by atoms with van der Waals surface area (Å²) in [6.07, 6.45) is 3.11. The molecule has 23 heavy (non-hydrogen) atoms. The van der Waals surface area contributed by atoms with Crippen LogP contribution < -0.4 is 10.2 Å². The minimum Gasteiger partial charge on any atom is -0.423 e. The number of halogens is 1. The highest BCUT2D eigenvalue weighted by Gasteiger charge is 2.14. The van der Waals surface area contributed by atoms with Crippen LogP contribution in [0.15, 0.2) is 45.7 Å². The number of benzene rings is 1. The van der Waals surface area contributed by atoms with Crippen molar-refractivity contribution in [3.05, 3.63) is 74.4 Å². The maximum Gasteiger partial charge on any atom is 0.336 e. The fraction of sp³-hybridized carbons (Fsp3) is 0.263. The van der Waals surface area contributed by atoms with Crippen molar-refractivity contribution in [3.63, 3.8) is 0 Å². The first-order valence-corrected chi connectivity index (χ1v) is 8.07. The van der Waals surface area contributed by atoms with Gasteiger partial charge in [0.25, 0.3) is 0 Å². The third kappa shape index (κ3) is 3.15. The van der Waals surface area contributed by atoms with Crippen LogP contribution in [0.25, 0.3) is 11.0 Å². The van der Waals surface area contributed by atoms with E-state index < -0.39 is 0 Å². The third-order valence-corrected chi connectivity index (χ3v) is 4.58. The summed E-state index contributed by atoms with van der Waals surface area (Å²) in [5.74, 6) is 0. The SMILES string of the molecule is CCc1ccc(C)[n+](Cc2cc(=O)oc3cc(C)c(Cl)cc23)c1. The van der Waals surface area contributed by atoms with Crippen LogP contribution in [-0.4, -0.2) is 0 Å². The molecule has 3 nitrogen and oxygen atoms in total. The molecule has 0 unspecified atom stereocenters. The maximum absolute atomic E-state index is 11.9. The second-order valence-electron chi connectivity index (χ2n) is 5.85. The zero-order valence-electron chi connectivity index (χ0n) is 13.5. The Morgan fingerprint density at radius 1 is 1.17 bits per heavy atom. The molecular formula is C19H19ClNO2+. The van der Waals surface area contributed by atoms with E-state index >= 15 is 0 Å². The molecule has 1 aromatic carbocycles. The molecule has 2 aromatic heterocycles. The van der Waals surface area contributed by atoms with Crippen LogP contribution in [0.5, 0.6) is 0 Å². The van der Waals surface area contributed by atoms with E-state index in [4.69, 9.17) is 16.0 Å². The average molecular weight is 329 g/mol. The lowest BCUT2D eigenvalue weighted by Gasteiger charge is -2.07. The molecule has 0 N–H and O–H groups in total. The van der Waals surface area contributed by atoms with Gasteiger partial charge in [0.2, 0.25) is 0 Å². The second-order valence-corrected chi connectivity index (χ2v) is 6.26. The van der Waals surface area contributed by atoms with Crippen LogP contribution in [0.3, 0.4) is 0 Å². The van der Waals surface area contributed by atoms with Crippen molar-refractivity contribution in [1.29, 1.82) is 0 Å². The van der Waals surface area contributed by atoms with E-state index in [2.05, 4.69) is 36.7 Å². The van der Waals surface area contributed by atoms with Crippen LogP contribution in [0, 0.1) is 13.8 Å². The lowest BCUT2D eigenvalue weighted by molar-refractivity contribution is -0.694. The van der Waals surface area contributed by atoms with Crippen LogP contribution in [0.2, 0.25) is 5.02 Å². The van der Waals surface area contributed by atoms with Gasteiger partial charge in [-0.1, -0.05) is 18.5 Å². The Labute approximate surface area is 140 Å². The van der Waals surface area contributed by atoms with Crippen LogP contribution >= 0.6 is 11.6 Å². The van der Waals surface area contributed by atoms with E-state index in [0.717, 1.165) is 28.6 Å². The van der Waals surface area contributed by atoms with Crippen LogP contribution in [-0.2, 0) is 13.0 Å². The zero-order chi connectivity index (χ0) is 16.6. The lowest BCUT2D eigenvalue weighted by atomic mass is 10.1. The van der Waals surface area contributed by atoms with Gasteiger partial charge in [0.15, 0.2) is 18.4 Å². The zero-order valence-corrected chi connectivity index (χ0v) is 14.3. The molecule has 0 aliphatic heterocycles. The van der Waals surface area contributed by atoms with Crippen molar-refractivity contribution in [2.75, 3.05) is 0 Å². The number of nitrogens with zero attached hydrogens (tertiary/aromatic N) is 1. The molecule has 0 saturated heterocycles. The van der Waals surface area contributed by atoms with E-state index in [1.165, 1.54) is 5.56 Å². The molecule has 4 heteroatoms. The predicted octanol–water partition coefficient (Wildman–Crippen LogP) is 3.96. The molecule has 0 amide bonds. The van der Waals surface area contributed by atoms with E-state index in [1.807, 2.05) is 19.1 Å². The number of aromatic nitrogens is 1. The number of hydrogen-bond acceptors (Lipinski definition) is 2. The van der Waals surface area contributed by atoms with Gasteiger partial charge >= 0.3 is 5.63 Å². The number of hydrogen-bond donors (Lipinski definition) is 0. The summed E-state index contributed by atoms with van der Waals surface area (Å²) in [6, 6.07) is 9.48. The Morgan fingerprint density at radius 2 is 1.96 bits per heavy atom. The fourth-order valence-corrected chi connectivity index (χ4v) is 2.87. The average Bonchev–Trinajstić information content (AvgIpc) is 2.51. The third-order valence-electron chi connectivity index (χ3n) is 4.17. The fourth-order valence-electron chi connectivity index (χ4n) is 2.71. The molecule has 3 aromatic rings. The number of fused-ring (bicyclic) bond motifs is 1. The molecule has 0 spiro atoms. The first-order valence-electron chi connectivity index (χ1n) is 7.70. The summed E-state index contributed by atoms with van der Waals surface area (Å²) in [4.78, 5) is 11.9. The van der Waals surface area contributed by atoms with Crippen molar-refractivity contribution >= 4 is 22.6 Å². The molecule has 0 aliphatic rings. The summed E-state index contributed by atoms with van der Waals surface area (Å²) in [5, 5.41) is 1.56. The van der Waals surface area contributed by atoms with Crippen molar-refractivity contribution in [2.45, 2.75) is 33.7 Å². The van der Waals surface area contributed by atoms with Gasteiger partial charge in [-0.05, 0) is 37.1 Å². The number of aryl methyl sites for hydroxylation is 3. The molecule has 2 heterocycles. The van der Waals surface area contributed by atoms with Crippen molar-refractivity contribution in [1.82, 2.24) is 0 Å². The highest BCUT2D eigenvalue weighted by Crippen LogP contribution is 2.25. The Hall–Kier alpha value is -2.13. The van der Waals surface area contributed by atoms with E-state index in [9.17, 15) is 4.79 Å². The molecule has 0 aliphatic carbocycles. The molecule has 0 bridgehead atoms. The van der Waals surface area contributed by atoms with Gasteiger partial charge in [-0.25, -0.2) is 4.79 Å². The Morgan fingerprint density at radius 3 is 2.70 bits per heavy atom. The van der Waals surface area contributed by atoms with Crippen LogP contribution in [0.4, 0.5) is 0 Å². The van der Waals surface area contributed by atoms with Crippen molar-refractivity contribution < 1.29 is 8.98 Å². The molecule has 0 fully saturated rings. The van der Waals surface area contributed by atoms with Gasteiger partial charge in [0.05, 0.1) is 0 Å². The van der Waals surface area contributed by atoms with Crippen molar-refractivity contribution in [2.24, 2.45) is 0 Å². The van der Waals surface area contributed by atoms with E-state index in [-0.39, 0.29) is 5.63 Å². The largest absolute Gasteiger partial charge is 0.423 e. The highest BCUT2D eigenvalue weighted by atomic mass is 35.5. The van der Waals surface area contributed by atoms with Gasteiger partial charge in [-0.15, -0.1) is 0 Å². The van der Waals surface area contributed by atoms with E-state index in [0.29, 0.717) is 17.2 Å². The Kier molecular flexibility index (Phi) is 4.22. The standard InChI is InChI=1S/C19H19ClNO2/c1-4-14-6-5-13(3)21(10-14)11-15-8-19(22)23-18-7-12(2)17(20)9-16(15)18/h5-10H,4,11H2,1-3H3/q+1. The first-order chi connectivity index (χ1) is 11.0. The number of pyridine rings is 1. The molecule has 118 valence electrons. The molecule has 0 saturated carbocycles. The molecular weight excluding hydrogens is 310 g/mol. The van der Waals surface area contributed by atoms with Crippen molar-refractivity contribution in [3.8, 4) is 0 Å². The van der Waals surface area contributed by atoms with Crippen LogP contribution in [0.1, 0.15) is 29.3 Å². The minimum absolute atomic E-state index is 0.334. The van der Waals surface area contributed by atoms with Gasteiger partial charge in [0.1, 0.15) is 5.58 Å². The normalized spacial score (nSPS) is 11.1. The summed E-state index contributed by atoms with van der Waals surface area (Å²) in [6.45, 7) is 6.70. The summed E-state index contributed by atoms with van der Waals surface area (Å²) in [7, 11) is 0. The minimum atomic E-state index is -0.334. The molecule has 3 rings (SSSR count). The monoisotopic (exact) mass is 328 g/mol. The summed E-state index contributed by atoms with van der Waals surface area (Å²) >= 11 is 6.25. The first kappa shape index (κ1) is 15.8. The van der Waals surface area contributed by atoms with Gasteiger partial charge in [0, 0.05) is 40.6 Å². The van der Waals surface area contributed by atoms with Gasteiger partial charge in [-0.3, -0.25) is 0 Å². The number of rotatable bonds is 3. The Bertz CT molecular complexity index is 944. The second kappa shape index (κ2) is 6.17. The summed E-state index contributed by atoms with van der Waals surface area (Å²) in [5.41, 5.74) is 4.47. The van der Waals surface area contributed by atoms with E-state index in [1.54, 1.807) is 6.07 Å². The Balaban J connectivity index is 2.16.